The molecule has 0 amide bonds. The molecule has 0 saturated heterocycles. The molecular weight excluding hydrogens is 216 g/mol. The van der Waals surface area contributed by atoms with Crippen molar-refractivity contribution in [1.29, 1.82) is 0 Å². The third-order valence-corrected chi connectivity index (χ3v) is 2.55. The molecule has 0 unspecified atom stereocenters. The summed E-state index contributed by atoms with van der Waals surface area (Å²) in [6.45, 7) is 6.30. The summed E-state index contributed by atoms with van der Waals surface area (Å²) in [6, 6.07) is 3.47. The number of aldehydes is 1. The highest BCUT2D eigenvalue weighted by atomic mass is 16.3. The Morgan fingerprint density at radius 3 is 2.59 bits per heavy atom. The highest BCUT2D eigenvalue weighted by molar-refractivity contribution is 5.73. The summed E-state index contributed by atoms with van der Waals surface area (Å²) in [4.78, 5) is 10.6. The van der Waals surface area contributed by atoms with Gasteiger partial charge in [0.1, 0.15) is 5.76 Å². The Labute approximate surface area is 100 Å². The quantitative estimate of drug-likeness (QED) is 0.748. The lowest BCUT2D eigenvalue weighted by Crippen LogP contribution is -2.13. The topological polar surface area (TPSA) is 48.0 Å². The SMILES string of the molecule is Cn1cc(-c2ccc(C=O)o2)c(C(C)(C)C)n1. The van der Waals surface area contributed by atoms with Gasteiger partial charge in [0.05, 0.1) is 11.3 Å². The maximum Gasteiger partial charge on any atom is 0.185 e. The summed E-state index contributed by atoms with van der Waals surface area (Å²) < 4.78 is 7.21. The molecule has 0 fully saturated rings. The minimum Gasteiger partial charge on any atom is -0.453 e. The van der Waals surface area contributed by atoms with Crippen LogP contribution in [-0.4, -0.2) is 16.1 Å². The fraction of sp³-hybridized carbons (Fsp3) is 0.385. The molecule has 90 valence electrons. The normalized spacial score (nSPS) is 11.8. The largest absolute Gasteiger partial charge is 0.453 e. The van der Waals surface area contributed by atoms with Crippen molar-refractivity contribution in [2.24, 2.45) is 7.05 Å². The Balaban J connectivity index is 2.55. The second-order valence-electron chi connectivity index (χ2n) is 5.13. The van der Waals surface area contributed by atoms with Gasteiger partial charge >= 0.3 is 0 Å². The van der Waals surface area contributed by atoms with Gasteiger partial charge in [-0.25, -0.2) is 0 Å². The maximum atomic E-state index is 10.6. The molecule has 0 aromatic carbocycles. The zero-order chi connectivity index (χ0) is 12.6. The molecule has 17 heavy (non-hydrogen) atoms. The average Bonchev–Trinajstić information content (AvgIpc) is 2.81. The second-order valence-corrected chi connectivity index (χ2v) is 5.13. The lowest BCUT2D eigenvalue weighted by molar-refractivity contribution is 0.110. The third-order valence-electron chi connectivity index (χ3n) is 2.55. The van der Waals surface area contributed by atoms with Crippen molar-refractivity contribution < 1.29 is 9.21 Å². The van der Waals surface area contributed by atoms with E-state index in [9.17, 15) is 4.79 Å². The maximum absolute atomic E-state index is 10.6. The molecule has 4 heteroatoms. The first-order chi connectivity index (χ1) is 7.91. The van der Waals surface area contributed by atoms with Crippen molar-refractivity contribution in [3.63, 3.8) is 0 Å². The molecule has 2 aromatic heterocycles. The van der Waals surface area contributed by atoms with Gasteiger partial charge in [0.2, 0.25) is 0 Å². The fourth-order valence-electron chi connectivity index (χ4n) is 1.78. The highest BCUT2D eigenvalue weighted by Crippen LogP contribution is 2.32. The molecule has 0 aliphatic carbocycles. The molecule has 0 spiro atoms. The van der Waals surface area contributed by atoms with Gasteiger partial charge < -0.3 is 4.42 Å². The molecule has 0 N–H and O–H groups in total. The van der Waals surface area contributed by atoms with E-state index in [1.54, 1.807) is 16.8 Å². The molecule has 0 bridgehead atoms. The molecule has 4 nitrogen and oxygen atoms in total. The summed E-state index contributed by atoms with van der Waals surface area (Å²) >= 11 is 0. The zero-order valence-electron chi connectivity index (χ0n) is 10.5. The predicted molar refractivity (Wildman–Crippen MR) is 65.0 cm³/mol. The van der Waals surface area contributed by atoms with Crippen molar-refractivity contribution in [1.82, 2.24) is 9.78 Å². The van der Waals surface area contributed by atoms with Crippen LogP contribution in [0.4, 0.5) is 0 Å². The molecule has 0 saturated carbocycles. The molecule has 2 aromatic rings. The number of carbonyl (C=O) groups is 1. The van der Waals surface area contributed by atoms with Crippen LogP contribution in [0.3, 0.4) is 0 Å². The van der Waals surface area contributed by atoms with Crippen molar-refractivity contribution >= 4 is 6.29 Å². The third kappa shape index (κ3) is 2.16. The number of rotatable bonds is 2. The Morgan fingerprint density at radius 2 is 2.06 bits per heavy atom. The standard InChI is InChI=1S/C13H16N2O2/c1-13(2,3)12-10(7-15(4)14-12)11-6-5-9(8-16)17-11/h5-8H,1-4H3. The van der Waals surface area contributed by atoms with E-state index < -0.39 is 0 Å². The van der Waals surface area contributed by atoms with Gasteiger partial charge in [-0.3, -0.25) is 9.48 Å². The predicted octanol–water partition coefficient (Wildman–Crippen LogP) is 2.79. The Kier molecular flexibility index (Phi) is 2.65. The van der Waals surface area contributed by atoms with Crippen LogP contribution in [0.1, 0.15) is 37.0 Å². The van der Waals surface area contributed by atoms with Gasteiger partial charge in [-0.1, -0.05) is 20.8 Å². The van der Waals surface area contributed by atoms with Gasteiger partial charge in [-0.2, -0.15) is 5.10 Å². The first kappa shape index (κ1) is 11.6. The molecular formula is C13H16N2O2. The number of carbonyl (C=O) groups excluding carboxylic acids is 1. The first-order valence-electron chi connectivity index (χ1n) is 5.51. The minimum absolute atomic E-state index is 0.0648. The molecule has 2 rings (SSSR count). The van der Waals surface area contributed by atoms with Crippen LogP contribution in [0, 0.1) is 0 Å². The fourth-order valence-corrected chi connectivity index (χ4v) is 1.78. The van der Waals surface area contributed by atoms with Gasteiger partial charge in [-0.05, 0) is 12.1 Å². The zero-order valence-corrected chi connectivity index (χ0v) is 10.5. The molecule has 0 aliphatic rings. The number of hydrogen-bond donors (Lipinski definition) is 0. The molecule has 2 heterocycles. The Hall–Kier alpha value is -1.84. The van der Waals surface area contributed by atoms with Crippen LogP contribution in [0.25, 0.3) is 11.3 Å². The monoisotopic (exact) mass is 232 g/mol. The van der Waals surface area contributed by atoms with Crippen molar-refractivity contribution in [3.05, 3.63) is 29.8 Å². The number of aryl methyl sites for hydroxylation is 1. The van der Waals surface area contributed by atoms with E-state index in [4.69, 9.17) is 4.42 Å². The van der Waals surface area contributed by atoms with E-state index in [2.05, 4.69) is 25.9 Å². The summed E-state index contributed by atoms with van der Waals surface area (Å²) in [6.07, 6.45) is 2.62. The number of aromatic nitrogens is 2. The molecule has 0 radical (unpaired) electrons. The van der Waals surface area contributed by atoms with Crippen LogP contribution < -0.4 is 0 Å². The summed E-state index contributed by atoms with van der Waals surface area (Å²) in [7, 11) is 1.88. The summed E-state index contributed by atoms with van der Waals surface area (Å²) in [5.74, 6) is 1.02. The number of nitrogens with zero attached hydrogens (tertiary/aromatic N) is 2. The van der Waals surface area contributed by atoms with E-state index in [1.807, 2.05) is 13.2 Å². The summed E-state index contributed by atoms with van der Waals surface area (Å²) in [5.41, 5.74) is 1.84. The van der Waals surface area contributed by atoms with E-state index >= 15 is 0 Å². The lowest BCUT2D eigenvalue weighted by atomic mass is 9.89. The molecule has 0 atom stereocenters. The second kappa shape index (κ2) is 3.87. The number of hydrogen-bond acceptors (Lipinski definition) is 3. The molecule has 0 aliphatic heterocycles. The Morgan fingerprint density at radius 1 is 1.35 bits per heavy atom. The van der Waals surface area contributed by atoms with Gasteiger partial charge in [0, 0.05) is 18.7 Å². The number of furan rings is 1. The van der Waals surface area contributed by atoms with Crippen LogP contribution in [0.2, 0.25) is 0 Å². The smallest absolute Gasteiger partial charge is 0.185 e. The first-order valence-corrected chi connectivity index (χ1v) is 5.51. The van der Waals surface area contributed by atoms with E-state index in [0.29, 0.717) is 17.8 Å². The van der Waals surface area contributed by atoms with E-state index in [1.165, 1.54) is 0 Å². The van der Waals surface area contributed by atoms with Crippen LogP contribution in [0.15, 0.2) is 22.7 Å². The van der Waals surface area contributed by atoms with Crippen molar-refractivity contribution in [3.8, 4) is 11.3 Å². The lowest BCUT2D eigenvalue weighted by Gasteiger charge is -2.16. The van der Waals surface area contributed by atoms with E-state index in [0.717, 1.165) is 11.3 Å². The van der Waals surface area contributed by atoms with Crippen LogP contribution in [0.5, 0.6) is 0 Å². The van der Waals surface area contributed by atoms with Crippen LogP contribution in [-0.2, 0) is 12.5 Å². The van der Waals surface area contributed by atoms with Gasteiger partial charge in [-0.15, -0.1) is 0 Å². The van der Waals surface area contributed by atoms with E-state index in [-0.39, 0.29) is 5.41 Å². The van der Waals surface area contributed by atoms with Gasteiger partial charge in [0.15, 0.2) is 12.0 Å². The van der Waals surface area contributed by atoms with Gasteiger partial charge in [0.25, 0.3) is 0 Å². The van der Waals surface area contributed by atoms with Crippen molar-refractivity contribution in [2.45, 2.75) is 26.2 Å². The Bertz CT molecular complexity index is 544. The minimum atomic E-state index is -0.0648. The highest BCUT2D eigenvalue weighted by Gasteiger charge is 2.24. The summed E-state index contributed by atoms with van der Waals surface area (Å²) in [5, 5.41) is 4.46. The van der Waals surface area contributed by atoms with Crippen LogP contribution >= 0.6 is 0 Å². The average molecular weight is 232 g/mol. The van der Waals surface area contributed by atoms with Crippen molar-refractivity contribution in [2.75, 3.05) is 0 Å².